The van der Waals surface area contributed by atoms with Gasteiger partial charge in [0.05, 0.1) is 10.7 Å². The zero-order valence-corrected chi connectivity index (χ0v) is 21.3. The molecular formula is C25H19Cl3F3N3O3. The number of furan rings is 1. The molecule has 1 aromatic heterocycles. The van der Waals surface area contributed by atoms with Crippen LogP contribution in [0.15, 0.2) is 59.0 Å². The fraction of sp³-hybridized carbons (Fsp3) is 0.200. The molecule has 37 heavy (non-hydrogen) atoms. The number of benzene rings is 2. The van der Waals surface area contributed by atoms with E-state index in [2.05, 4.69) is 5.32 Å². The summed E-state index contributed by atoms with van der Waals surface area (Å²) in [5.74, 6) is -1.29. The third-order valence-corrected chi connectivity index (χ3v) is 6.28. The molecule has 0 bridgehead atoms. The minimum Gasteiger partial charge on any atom is -0.457 e. The van der Waals surface area contributed by atoms with Crippen molar-refractivity contribution in [2.75, 3.05) is 36.4 Å². The van der Waals surface area contributed by atoms with E-state index in [4.69, 9.17) is 39.2 Å². The first kappa shape index (κ1) is 26.9. The lowest BCUT2D eigenvalue weighted by molar-refractivity contribution is -0.185. The predicted molar refractivity (Wildman–Crippen MR) is 138 cm³/mol. The van der Waals surface area contributed by atoms with Crippen LogP contribution in [0, 0.1) is 0 Å². The predicted octanol–water partition coefficient (Wildman–Crippen LogP) is 6.77. The Balaban J connectivity index is 1.34. The summed E-state index contributed by atoms with van der Waals surface area (Å²) in [4.78, 5) is 26.3. The molecule has 2 aromatic carbocycles. The number of piperazine rings is 1. The first-order valence-electron chi connectivity index (χ1n) is 11.0. The molecule has 0 radical (unpaired) electrons. The van der Waals surface area contributed by atoms with Crippen LogP contribution in [-0.4, -0.2) is 49.1 Å². The molecule has 0 saturated carbocycles. The highest BCUT2D eigenvalue weighted by atomic mass is 35.5. The highest BCUT2D eigenvalue weighted by Crippen LogP contribution is 2.31. The Morgan fingerprint density at radius 1 is 0.919 bits per heavy atom. The second kappa shape index (κ2) is 11.1. The second-order valence-corrected chi connectivity index (χ2v) is 9.41. The molecule has 12 heteroatoms. The van der Waals surface area contributed by atoms with Crippen LogP contribution in [-0.2, 0) is 9.59 Å². The Morgan fingerprint density at radius 3 is 2.22 bits per heavy atom. The molecule has 0 spiro atoms. The topological polar surface area (TPSA) is 65.8 Å². The summed E-state index contributed by atoms with van der Waals surface area (Å²) in [7, 11) is 0. The number of carbonyl (C=O) groups excluding carboxylic acids is 2. The number of anilines is 2. The number of hydrogen-bond acceptors (Lipinski definition) is 4. The Labute approximate surface area is 225 Å². The van der Waals surface area contributed by atoms with Crippen molar-refractivity contribution < 1.29 is 27.2 Å². The summed E-state index contributed by atoms with van der Waals surface area (Å²) in [5, 5.41) is 3.95. The van der Waals surface area contributed by atoms with Gasteiger partial charge in [-0.1, -0.05) is 34.8 Å². The SMILES string of the molecule is O=C(/C=C/c1ccc(-c2cc(Cl)cc(Cl)c2)o1)Nc1ccc(N2CCN(C(=O)C(F)(F)F)CC2)c(Cl)c1. The van der Waals surface area contributed by atoms with E-state index in [0.717, 1.165) is 4.90 Å². The van der Waals surface area contributed by atoms with Crippen LogP contribution >= 0.6 is 34.8 Å². The maximum atomic E-state index is 12.6. The monoisotopic (exact) mass is 571 g/mol. The number of amides is 2. The van der Waals surface area contributed by atoms with Crippen molar-refractivity contribution in [1.29, 1.82) is 0 Å². The molecule has 0 unspecified atom stereocenters. The van der Waals surface area contributed by atoms with Crippen molar-refractivity contribution in [2.45, 2.75) is 6.18 Å². The van der Waals surface area contributed by atoms with E-state index in [-0.39, 0.29) is 26.2 Å². The molecule has 4 rings (SSSR count). The Hall–Kier alpha value is -3.14. The molecular weight excluding hydrogens is 554 g/mol. The van der Waals surface area contributed by atoms with Crippen LogP contribution in [0.3, 0.4) is 0 Å². The third-order valence-electron chi connectivity index (χ3n) is 5.54. The highest BCUT2D eigenvalue weighted by molar-refractivity contribution is 6.35. The highest BCUT2D eigenvalue weighted by Gasteiger charge is 2.43. The molecule has 1 aliphatic rings. The summed E-state index contributed by atoms with van der Waals surface area (Å²) >= 11 is 18.4. The zero-order chi connectivity index (χ0) is 26.7. The first-order chi connectivity index (χ1) is 17.5. The molecule has 6 nitrogen and oxygen atoms in total. The van der Waals surface area contributed by atoms with Crippen LogP contribution in [0.1, 0.15) is 5.76 Å². The smallest absolute Gasteiger partial charge is 0.457 e. The minimum absolute atomic E-state index is 0.0726. The van der Waals surface area contributed by atoms with Gasteiger partial charge in [0.25, 0.3) is 0 Å². The van der Waals surface area contributed by atoms with E-state index in [0.29, 0.717) is 43.5 Å². The lowest BCUT2D eigenvalue weighted by Crippen LogP contribution is -2.52. The van der Waals surface area contributed by atoms with Gasteiger partial charge in [0.2, 0.25) is 5.91 Å². The van der Waals surface area contributed by atoms with E-state index in [1.54, 1.807) is 53.4 Å². The van der Waals surface area contributed by atoms with E-state index in [9.17, 15) is 22.8 Å². The van der Waals surface area contributed by atoms with Gasteiger partial charge in [0.1, 0.15) is 11.5 Å². The fourth-order valence-corrected chi connectivity index (χ4v) is 4.63. The number of rotatable bonds is 5. The van der Waals surface area contributed by atoms with Crippen LogP contribution in [0.2, 0.25) is 15.1 Å². The number of hydrogen-bond donors (Lipinski definition) is 1. The van der Waals surface area contributed by atoms with Gasteiger partial charge in [-0.05, 0) is 54.6 Å². The maximum Gasteiger partial charge on any atom is 0.471 e. The average molecular weight is 573 g/mol. The van der Waals surface area contributed by atoms with Crippen molar-refractivity contribution in [2.24, 2.45) is 0 Å². The van der Waals surface area contributed by atoms with E-state index in [1.165, 1.54) is 12.2 Å². The molecule has 0 aliphatic carbocycles. The molecule has 1 aliphatic heterocycles. The summed E-state index contributed by atoms with van der Waals surface area (Å²) in [6.45, 7) is 0.249. The molecule has 1 fully saturated rings. The van der Waals surface area contributed by atoms with Crippen LogP contribution in [0.4, 0.5) is 24.5 Å². The van der Waals surface area contributed by atoms with E-state index in [1.807, 2.05) is 0 Å². The third kappa shape index (κ3) is 6.80. The summed E-state index contributed by atoms with van der Waals surface area (Å²) in [6.07, 6.45) is -2.09. The van der Waals surface area contributed by atoms with Crippen LogP contribution in [0.25, 0.3) is 17.4 Å². The van der Waals surface area contributed by atoms with Crippen molar-refractivity contribution in [3.63, 3.8) is 0 Å². The summed E-state index contributed by atoms with van der Waals surface area (Å²) in [5.41, 5.74) is 1.73. The van der Waals surface area contributed by atoms with Crippen molar-refractivity contribution in [3.8, 4) is 11.3 Å². The molecule has 1 saturated heterocycles. The van der Waals surface area contributed by atoms with Gasteiger partial charge in [0, 0.05) is 53.6 Å². The second-order valence-electron chi connectivity index (χ2n) is 8.13. The Morgan fingerprint density at radius 2 is 1.59 bits per heavy atom. The summed E-state index contributed by atoms with van der Waals surface area (Å²) < 4.78 is 43.6. The zero-order valence-electron chi connectivity index (χ0n) is 19.0. The van der Waals surface area contributed by atoms with Gasteiger partial charge in [-0.2, -0.15) is 13.2 Å². The lowest BCUT2D eigenvalue weighted by Gasteiger charge is -2.36. The van der Waals surface area contributed by atoms with Gasteiger partial charge in [0.15, 0.2) is 0 Å². The van der Waals surface area contributed by atoms with E-state index >= 15 is 0 Å². The molecule has 0 atom stereocenters. The molecule has 3 aromatic rings. The number of nitrogens with zero attached hydrogens (tertiary/aromatic N) is 2. The Bertz CT molecular complexity index is 1330. The van der Waals surface area contributed by atoms with Gasteiger partial charge in [-0.25, -0.2) is 0 Å². The minimum atomic E-state index is -4.89. The quantitative estimate of drug-likeness (QED) is 0.343. The van der Waals surface area contributed by atoms with Gasteiger partial charge in [-0.3, -0.25) is 9.59 Å². The number of nitrogens with one attached hydrogen (secondary N) is 1. The van der Waals surface area contributed by atoms with Gasteiger partial charge in [-0.15, -0.1) is 0 Å². The van der Waals surface area contributed by atoms with Crippen LogP contribution < -0.4 is 10.2 Å². The van der Waals surface area contributed by atoms with Crippen LogP contribution in [0.5, 0.6) is 0 Å². The Kier molecular flexibility index (Phi) is 8.06. The van der Waals surface area contributed by atoms with Gasteiger partial charge < -0.3 is 19.5 Å². The fourth-order valence-electron chi connectivity index (χ4n) is 3.81. The largest absolute Gasteiger partial charge is 0.471 e. The van der Waals surface area contributed by atoms with Crippen molar-refractivity contribution >= 4 is 64.1 Å². The molecule has 194 valence electrons. The maximum absolute atomic E-state index is 12.6. The number of carbonyl (C=O) groups is 2. The lowest BCUT2D eigenvalue weighted by atomic mass is 10.2. The van der Waals surface area contributed by atoms with Crippen molar-refractivity contribution in [1.82, 2.24) is 4.90 Å². The first-order valence-corrected chi connectivity index (χ1v) is 12.1. The molecule has 1 N–H and O–H groups in total. The standard InChI is InChI=1S/C25H19Cl3F3N3O3/c26-16-11-15(12-17(27)13-16)22-5-2-19(37-22)3-6-23(35)32-18-1-4-21(20(28)14-18)33-7-9-34(10-8-33)24(36)25(29,30)31/h1-6,11-14H,7-10H2,(H,32,35)/b6-3+. The normalized spacial score (nSPS) is 14.3. The van der Waals surface area contributed by atoms with Gasteiger partial charge >= 0.3 is 12.1 Å². The molecule has 2 amide bonds. The molecule has 2 heterocycles. The number of alkyl halides is 3. The number of halogens is 6. The average Bonchev–Trinajstić information content (AvgIpc) is 3.31. The van der Waals surface area contributed by atoms with E-state index < -0.39 is 18.0 Å². The summed E-state index contributed by atoms with van der Waals surface area (Å²) in [6, 6.07) is 13.3. The van der Waals surface area contributed by atoms with Crippen molar-refractivity contribution in [3.05, 3.63) is 75.4 Å².